The van der Waals surface area contributed by atoms with Gasteiger partial charge in [-0.25, -0.2) is 0 Å². The number of benzene rings is 1. The number of anilines is 1. The summed E-state index contributed by atoms with van der Waals surface area (Å²) in [6, 6.07) is 5.50. The zero-order chi connectivity index (χ0) is 10.3. The molecule has 0 bridgehead atoms. The number of hydrogen-bond acceptors (Lipinski definition) is 2. The van der Waals surface area contributed by atoms with Crippen molar-refractivity contribution in [3.8, 4) is 0 Å². The Morgan fingerprint density at radius 3 is 2.86 bits per heavy atom. The number of fused-ring (bicyclic) bond motifs is 1. The Labute approximate surface area is 95.2 Å². The molecule has 0 aliphatic heterocycles. The van der Waals surface area contributed by atoms with E-state index >= 15 is 0 Å². The van der Waals surface area contributed by atoms with E-state index in [2.05, 4.69) is 20.9 Å². The van der Waals surface area contributed by atoms with Gasteiger partial charge >= 0.3 is 0 Å². The van der Waals surface area contributed by atoms with Crippen LogP contribution in [0.15, 0.2) is 22.7 Å². The molecule has 2 aromatic rings. The van der Waals surface area contributed by atoms with Gasteiger partial charge in [-0.3, -0.25) is 4.98 Å². The molecule has 2 rings (SSSR count). The van der Waals surface area contributed by atoms with Crippen LogP contribution in [0.5, 0.6) is 0 Å². The van der Waals surface area contributed by atoms with Crippen LogP contribution in [0.1, 0.15) is 5.69 Å². The van der Waals surface area contributed by atoms with Gasteiger partial charge in [0.25, 0.3) is 0 Å². The van der Waals surface area contributed by atoms with Gasteiger partial charge in [0.2, 0.25) is 0 Å². The molecule has 0 radical (unpaired) electrons. The smallest absolute Gasteiger partial charge is 0.0727 e. The summed E-state index contributed by atoms with van der Waals surface area (Å²) in [6.07, 6.45) is 0. The number of nitrogens with zero attached hydrogens (tertiary/aromatic N) is 1. The van der Waals surface area contributed by atoms with Crippen molar-refractivity contribution >= 4 is 44.1 Å². The van der Waals surface area contributed by atoms with Crippen molar-refractivity contribution in [2.45, 2.75) is 6.92 Å². The first-order valence-corrected chi connectivity index (χ1v) is 5.27. The van der Waals surface area contributed by atoms with Crippen molar-refractivity contribution in [2.75, 3.05) is 5.73 Å². The van der Waals surface area contributed by atoms with Gasteiger partial charge in [-0.2, -0.15) is 0 Å². The minimum atomic E-state index is 0.668. The number of hydrogen-bond donors (Lipinski definition) is 1. The predicted octanol–water partition coefficient (Wildman–Crippen LogP) is 3.54. The van der Waals surface area contributed by atoms with E-state index in [4.69, 9.17) is 17.3 Å². The second-order valence-corrected chi connectivity index (χ2v) is 4.32. The molecule has 1 aromatic heterocycles. The van der Waals surface area contributed by atoms with E-state index in [1.165, 1.54) is 0 Å². The van der Waals surface area contributed by atoms with Crippen LogP contribution < -0.4 is 5.73 Å². The van der Waals surface area contributed by atoms with Crippen LogP contribution in [-0.4, -0.2) is 4.98 Å². The summed E-state index contributed by atoms with van der Waals surface area (Å²) in [5, 5.41) is 1.55. The molecule has 0 aliphatic rings. The van der Waals surface area contributed by atoms with Crippen molar-refractivity contribution < 1.29 is 0 Å². The molecular formula is C10H8BrClN2. The number of rotatable bonds is 0. The van der Waals surface area contributed by atoms with Crippen molar-refractivity contribution in [3.63, 3.8) is 0 Å². The van der Waals surface area contributed by atoms with Gasteiger partial charge in [-0.1, -0.05) is 11.6 Å². The molecule has 0 fully saturated rings. The van der Waals surface area contributed by atoms with Gasteiger partial charge in [-0.15, -0.1) is 0 Å². The largest absolute Gasteiger partial charge is 0.397 e. The van der Waals surface area contributed by atoms with Crippen LogP contribution in [0.2, 0.25) is 5.02 Å². The molecule has 2 N–H and O–H groups in total. The predicted molar refractivity (Wildman–Crippen MR) is 63.6 cm³/mol. The maximum atomic E-state index is 5.94. The summed E-state index contributed by atoms with van der Waals surface area (Å²) < 4.78 is 0.840. The Morgan fingerprint density at radius 2 is 2.14 bits per heavy atom. The van der Waals surface area contributed by atoms with Crippen LogP contribution in [0, 0.1) is 6.92 Å². The molecule has 0 unspecified atom stereocenters. The molecule has 0 saturated heterocycles. The maximum absolute atomic E-state index is 5.94. The number of pyridine rings is 1. The minimum absolute atomic E-state index is 0.668. The molecule has 14 heavy (non-hydrogen) atoms. The van der Waals surface area contributed by atoms with Crippen LogP contribution in [-0.2, 0) is 0 Å². The SMILES string of the molecule is Cc1nc2ccc(Cl)cc2c(N)c1Br. The molecule has 4 heteroatoms. The first kappa shape index (κ1) is 9.74. The molecule has 0 spiro atoms. The van der Waals surface area contributed by atoms with E-state index in [9.17, 15) is 0 Å². The van der Waals surface area contributed by atoms with Crippen LogP contribution in [0.25, 0.3) is 10.9 Å². The molecule has 2 nitrogen and oxygen atoms in total. The standard InChI is InChI=1S/C10H8BrClN2/c1-5-9(11)10(13)7-4-6(12)2-3-8(7)14-5/h2-4H,1H3,(H2,13,14). The third kappa shape index (κ3) is 1.47. The van der Waals surface area contributed by atoms with E-state index in [1.54, 1.807) is 0 Å². The van der Waals surface area contributed by atoms with Crippen molar-refractivity contribution in [1.29, 1.82) is 0 Å². The summed E-state index contributed by atoms with van der Waals surface area (Å²) in [5.74, 6) is 0. The lowest BCUT2D eigenvalue weighted by Gasteiger charge is -2.06. The van der Waals surface area contributed by atoms with Gasteiger partial charge in [0.15, 0.2) is 0 Å². The average Bonchev–Trinajstić information content (AvgIpc) is 2.16. The van der Waals surface area contributed by atoms with Gasteiger partial charge in [0.1, 0.15) is 0 Å². The Hall–Kier alpha value is -0.800. The quantitative estimate of drug-likeness (QED) is 0.796. The highest BCUT2D eigenvalue weighted by Crippen LogP contribution is 2.31. The fourth-order valence-corrected chi connectivity index (χ4v) is 1.84. The molecule has 1 aromatic carbocycles. The second kappa shape index (κ2) is 3.41. The molecule has 0 saturated carbocycles. The van der Waals surface area contributed by atoms with Crippen molar-refractivity contribution in [3.05, 3.63) is 33.4 Å². The average molecular weight is 272 g/mol. The van der Waals surface area contributed by atoms with Gasteiger partial charge in [0, 0.05) is 10.4 Å². The highest BCUT2D eigenvalue weighted by Gasteiger charge is 2.07. The molecule has 72 valence electrons. The summed E-state index contributed by atoms with van der Waals surface area (Å²) >= 11 is 9.28. The first-order valence-electron chi connectivity index (χ1n) is 4.10. The van der Waals surface area contributed by atoms with Crippen LogP contribution in [0.4, 0.5) is 5.69 Å². The van der Waals surface area contributed by atoms with Gasteiger partial charge in [0.05, 0.1) is 21.4 Å². The van der Waals surface area contributed by atoms with Crippen LogP contribution >= 0.6 is 27.5 Å². The van der Waals surface area contributed by atoms with Gasteiger partial charge < -0.3 is 5.73 Å². The molecule has 1 heterocycles. The van der Waals surface area contributed by atoms with E-state index in [-0.39, 0.29) is 0 Å². The number of aromatic nitrogens is 1. The maximum Gasteiger partial charge on any atom is 0.0727 e. The van der Waals surface area contributed by atoms with Gasteiger partial charge in [-0.05, 0) is 41.1 Å². The molecule has 0 aliphatic carbocycles. The second-order valence-electron chi connectivity index (χ2n) is 3.09. The number of nitrogens with two attached hydrogens (primary N) is 1. The third-order valence-electron chi connectivity index (χ3n) is 2.09. The molecular weight excluding hydrogens is 263 g/mol. The summed E-state index contributed by atoms with van der Waals surface area (Å²) in [4.78, 5) is 4.39. The normalized spacial score (nSPS) is 10.8. The highest BCUT2D eigenvalue weighted by atomic mass is 79.9. The fraction of sp³-hybridized carbons (Fsp3) is 0.100. The zero-order valence-electron chi connectivity index (χ0n) is 7.51. The summed E-state index contributed by atoms with van der Waals surface area (Å²) in [6.45, 7) is 1.91. The summed E-state index contributed by atoms with van der Waals surface area (Å²) in [5.41, 5.74) is 8.39. The van der Waals surface area contributed by atoms with E-state index in [0.29, 0.717) is 10.7 Å². The number of halogens is 2. The number of nitrogen functional groups attached to an aromatic ring is 1. The lowest BCUT2D eigenvalue weighted by atomic mass is 10.1. The number of aryl methyl sites for hydroxylation is 1. The van der Waals surface area contributed by atoms with Crippen molar-refractivity contribution in [2.24, 2.45) is 0 Å². The Morgan fingerprint density at radius 1 is 1.43 bits per heavy atom. The minimum Gasteiger partial charge on any atom is -0.397 e. The van der Waals surface area contributed by atoms with Crippen LogP contribution in [0.3, 0.4) is 0 Å². The zero-order valence-corrected chi connectivity index (χ0v) is 9.85. The molecule has 0 atom stereocenters. The fourth-order valence-electron chi connectivity index (χ4n) is 1.36. The first-order chi connectivity index (χ1) is 6.59. The Balaban J connectivity index is 2.92. The summed E-state index contributed by atoms with van der Waals surface area (Å²) in [7, 11) is 0. The monoisotopic (exact) mass is 270 g/mol. The Bertz CT molecular complexity index is 511. The topological polar surface area (TPSA) is 38.9 Å². The Kier molecular flexibility index (Phi) is 2.37. The third-order valence-corrected chi connectivity index (χ3v) is 3.33. The van der Waals surface area contributed by atoms with E-state index in [1.807, 2.05) is 25.1 Å². The van der Waals surface area contributed by atoms with E-state index < -0.39 is 0 Å². The van der Waals surface area contributed by atoms with Crippen molar-refractivity contribution in [1.82, 2.24) is 4.98 Å². The lowest BCUT2D eigenvalue weighted by Crippen LogP contribution is -1.94. The lowest BCUT2D eigenvalue weighted by molar-refractivity contribution is 1.24. The van der Waals surface area contributed by atoms with E-state index in [0.717, 1.165) is 21.1 Å². The molecule has 0 amide bonds. The highest BCUT2D eigenvalue weighted by molar-refractivity contribution is 9.10.